The standard InChI is InChI=1S/C21H17Cl3N2O3S/c1-12-5-3-7-17(13(12)2)26-30(28,29)19-11-14(9-10-15(19)22)21(27)25-18-8-4-6-16(23)20(18)24/h3-11,26H,1-2H3,(H,25,27). The number of hydrogen-bond acceptors (Lipinski definition) is 3. The Morgan fingerprint density at radius 1 is 0.867 bits per heavy atom. The molecule has 0 bridgehead atoms. The van der Waals surface area contributed by atoms with Gasteiger partial charge in [0.25, 0.3) is 15.9 Å². The van der Waals surface area contributed by atoms with Crippen LogP contribution < -0.4 is 10.0 Å². The molecule has 0 heterocycles. The van der Waals surface area contributed by atoms with Crippen LogP contribution in [0.15, 0.2) is 59.5 Å². The molecule has 0 radical (unpaired) electrons. The number of halogens is 3. The van der Waals surface area contributed by atoms with E-state index in [0.29, 0.717) is 11.4 Å². The van der Waals surface area contributed by atoms with Gasteiger partial charge in [0.15, 0.2) is 0 Å². The maximum atomic E-state index is 13.0. The molecule has 3 aromatic carbocycles. The van der Waals surface area contributed by atoms with Crippen molar-refractivity contribution < 1.29 is 13.2 Å². The van der Waals surface area contributed by atoms with Crippen LogP contribution >= 0.6 is 34.8 Å². The number of rotatable bonds is 5. The van der Waals surface area contributed by atoms with Crippen molar-refractivity contribution in [1.82, 2.24) is 0 Å². The van der Waals surface area contributed by atoms with Crippen molar-refractivity contribution in [3.8, 4) is 0 Å². The SMILES string of the molecule is Cc1cccc(NS(=O)(=O)c2cc(C(=O)Nc3cccc(Cl)c3Cl)ccc2Cl)c1C. The number of nitrogens with one attached hydrogen (secondary N) is 2. The number of anilines is 2. The Morgan fingerprint density at radius 3 is 2.27 bits per heavy atom. The Labute approximate surface area is 190 Å². The van der Waals surface area contributed by atoms with E-state index in [9.17, 15) is 13.2 Å². The molecule has 0 aromatic heterocycles. The second-order valence-electron chi connectivity index (χ2n) is 6.55. The molecule has 0 spiro atoms. The first-order valence-corrected chi connectivity index (χ1v) is 11.4. The smallest absolute Gasteiger partial charge is 0.263 e. The predicted octanol–water partition coefficient (Wildman–Crippen LogP) is 6.32. The largest absolute Gasteiger partial charge is 0.321 e. The van der Waals surface area contributed by atoms with Crippen LogP contribution in [0.2, 0.25) is 15.1 Å². The van der Waals surface area contributed by atoms with E-state index in [4.69, 9.17) is 34.8 Å². The lowest BCUT2D eigenvalue weighted by Gasteiger charge is -2.14. The average molecular weight is 484 g/mol. The molecule has 0 aliphatic carbocycles. The van der Waals surface area contributed by atoms with Gasteiger partial charge in [-0.05, 0) is 61.4 Å². The van der Waals surface area contributed by atoms with E-state index >= 15 is 0 Å². The van der Waals surface area contributed by atoms with E-state index < -0.39 is 15.9 Å². The monoisotopic (exact) mass is 482 g/mol. The zero-order valence-electron chi connectivity index (χ0n) is 16.0. The molecule has 0 unspecified atom stereocenters. The van der Waals surface area contributed by atoms with Gasteiger partial charge in [0, 0.05) is 5.56 Å². The number of hydrogen-bond donors (Lipinski definition) is 2. The fourth-order valence-corrected chi connectivity index (χ4v) is 4.70. The van der Waals surface area contributed by atoms with Gasteiger partial charge in [-0.25, -0.2) is 8.42 Å². The number of benzene rings is 3. The fraction of sp³-hybridized carbons (Fsp3) is 0.0952. The Balaban J connectivity index is 1.93. The Bertz CT molecular complexity index is 1240. The zero-order valence-corrected chi connectivity index (χ0v) is 19.0. The summed E-state index contributed by atoms with van der Waals surface area (Å²) in [5.74, 6) is -0.556. The van der Waals surface area contributed by atoms with Gasteiger partial charge < -0.3 is 5.32 Å². The molecule has 5 nitrogen and oxygen atoms in total. The Hall–Kier alpha value is -2.25. The maximum Gasteiger partial charge on any atom is 0.263 e. The van der Waals surface area contributed by atoms with E-state index in [1.807, 2.05) is 19.9 Å². The molecule has 2 N–H and O–H groups in total. The molecular formula is C21H17Cl3N2O3S. The number of sulfonamides is 1. The minimum atomic E-state index is -4.04. The molecule has 9 heteroatoms. The summed E-state index contributed by atoms with van der Waals surface area (Å²) in [7, 11) is -4.04. The van der Waals surface area contributed by atoms with Gasteiger partial charge in [0.1, 0.15) is 4.90 Å². The molecule has 3 aromatic rings. The fourth-order valence-electron chi connectivity index (χ4n) is 2.71. The number of amides is 1. The molecule has 0 aliphatic heterocycles. The third kappa shape index (κ3) is 4.73. The third-order valence-electron chi connectivity index (χ3n) is 4.53. The Morgan fingerprint density at radius 2 is 1.53 bits per heavy atom. The molecule has 0 atom stereocenters. The van der Waals surface area contributed by atoms with Crippen LogP contribution in [0, 0.1) is 13.8 Å². The van der Waals surface area contributed by atoms with E-state index in [-0.39, 0.29) is 25.5 Å². The van der Waals surface area contributed by atoms with E-state index in [2.05, 4.69) is 10.0 Å². The summed E-state index contributed by atoms with van der Waals surface area (Å²) in [6.45, 7) is 3.69. The van der Waals surface area contributed by atoms with Gasteiger partial charge in [-0.1, -0.05) is 53.0 Å². The molecule has 0 fully saturated rings. The molecule has 1 amide bonds. The summed E-state index contributed by atoms with van der Waals surface area (Å²) < 4.78 is 28.4. The average Bonchev–Trinajstić information content (AvgIpc) is 2.69. The highest BCUT2D eigenvalue weighted by atomic mass is 35.5. The van der Waals surface area contributed by atoms with Gasteiger partial charge >= 0.3 is 0 Å². The van der Waals surface area contributed by atoms with Gasteiger partial charge in [-0.15, -0.1) is 0 Å². The number of carbonyl (C=O) groups is 1. The van der Waals surface area contributed by atoms with Crippen LogP contribution in [-0.4, -0.2) is 14.3 Å². The highest BCUT2D eigenvalue weighted by Gasteiger charge is 2.22. The molecular weight excluding hydrogens is 467 g/mol. The van der Waals surface area contributed by atoms with Crippen LogP contribution in [0.5, 0.6) is 0 Å². The topological polar surface area (TPSA) is 75.3 Å². The van der Waals surface area contributed by atoms with Crippen molar-refractivity contribution in [3.63, 3.8) is 0 Å². The van der Waals surface area contributed by atoms with Crippen LogP contribution in [0.4, 0.5) is 11.4 Å². The first kappa shape index (κ1) is 22.4. The van der Waals surface area contributed by atoms with Gasteiger partial charge in [-0.3, -0.25) is 9.52 Å². The van der Waals surface area contributed by atoms with E-state index in [1.54, 1.807) is 30.3 Å². The molecule has 156 valence electrons. The first-order chi connectivity index (χ1) is 14.1. The summed E-state index contributed by atoms with van der Waals surface area (Å²) in [5.41, 5.74) is 2.57. The summed E-state index contributed by atoms with van der Waals surface area (Å²) >= 11 is 18.2. The maximum absolute atomic E-state index is 13.0. The quantitative estimate of drug-likeness (QED) is 0.446. The highest BCUT2D eigenvalue weighted by Crippen LogP contribution is 2.31. The van der Waals surface area contributed by atoms with Crippen LogP contribution in [0.25, 0.3) is 0 Å². The molecule has 0 aliphatic rings. The van der Waals surface area contributed by atoms with Gasteiger partial charge in [0.2, 0.25) is 0 Å². The molecule has 0 saturated carbocycles. The lowest BCUT2D eigenvalue weighted by molar-refractivity contribution is 0.102. The lowest BCUT2D eigenvalue weighted by atomic mass is 10.1. The minimum Gasteiger partial charge on any atom is -0.321 e. The minimum absolute atomic E-state index is 0.00913. The first-order valence-electron chi connectivity index (χ1n) is 8.74. The summed E-state index contributed by atoms with van der Waals surface area (Å²) in [6, 6.07) is 14.1. The number of carbonyl (C=O) groups excluding carboxylic acids is 1. The van der Waals surface area contributed by atoms with E-state index in [0.717, 1.165) is 11.1 Å². The summed E-state index contributed by atoms with van der Waals surface area (Å²) in [6.07, 6.45) is 0. The molecule has 3 rings (SSSR count). The highest BCUT2D eigenvalue weighted by molar-refractivity contribution is 7.92. The second kappa shape index (κ2) is 8.86. The van der Waals surface area contributed by atoms with Crippen LogP contribution in [0.3, 0.4) is 0 Å². The normalized spacial score (nSPS) is 11.2. The van der Waals surface area contributed by atoms with Crippen molar-refractivity contribution in [3.05, 3.63) is 86.4 Å². The van der Waals surface area contributed by atoms with Crippen molar-refractivity contribution in [2.75, 3.05) is 10.0 Å². The van der Waals surface area contributed by atoms with Gasteiger partial charge in [-0.2, -0.15) is 0 Å². The number of aryl methyl sites for hydroxylation is 1. The van der Waals surface area contributed by atoms with E-state index in [1.165, 1.54) is 18.2 Å². The Kier molecular flexibility index (Phi) is 6.62. The molecule has 0 saturated heterocycles. The van der Waals surface area contributed by atoms with Crippen molar-refractivity contribution in [2.45, 2.75) is 18.7 Å². The lowest BCUT2D eigenvalue weighted by Crippen LogP contribution is -2.17. The summed E-state index contributed by atoms with van der Waals surface area (Å²) in [5, 5.41) is 3.08. The predicted molar refractivity (Wildman–Crippen MR) is 123 cm³/mol. The van der Waals surface area contributed by atoms with Crippen molar-refractivity contribution in [2.24, 2.45) is 0 Å². The third-order valence-corrected chi connectivity index (χ3v) is 7.20. The molecule has 30 heavy (non-hydrogen) atoms. The zero-order chi connectivity index (χ0) is 22.1. The van der Waals surface area contributed by atoms with Crippen LogP contribution in [-0.2, 0) is 10.0 Å². The second-order valence-corrected chi connectivity index (χ2v) is 9.40. The van der Waals surface area contributed by atoms with Crippen LogP contribution in [0.1, 0.15) is 21.5 Å². The van der Waals surface area contributed by atoms with Crippen molar-refractivity contribution in [1.29, 1.82) is 0 Å². The van der Waals surface area contributed by atoms with Crippen molar-refractivity contribution >= 4 is 62.1 Å². The van der Waals surface area contributed by atoms with Gasteiger partial charge in [0.05, 0.1) is 26.4 Å². The summed E-state index contributed by atoms with van der Waals surface area (Å²) in [4.78, 5) is 12.4.